The molecule has 4 nitrogen and oxygen atoms in total. The smallest absolute Gasteiger partial charge is 0.263 e. The van der Waals surface area contributed by atoms with Gasteiger partial charge in [-0.1, -0.05) is 0 Å². The Bertz CT molecular complexity index is 645. The number of nitrogens with two attached hydrogens (primary N) is 1. The number of aryl methyl sites for hydroxylation is 1. The average molecular weight is 275 g/mol. The fraction of sp³-hybridized carbons (Fsp3) is 0.429. The Morgan fingerprint density at radius 2 is 2.26 bits per heavy atom. The van der Waals surface area contributed by atoms with Crippen LogP contribution in [0.2, 0.25) is 0 Å². The van der Waals surface area contributed by atoms with Gasteiger partial charge >= 0.3 is 0 Å². The van der Waals surface area contributed by atoms with Gasteiger partial charge in [-0.15, -0.1) is 11.3 Å². The number of nitrogen functional groups attached to an aromatic ring is 1. The van der Waals surface area contributed by atoms with Crippen molar-refractivity contribution >= 4 is 33.1 Å². The van der Waals surface area contributed by atoms with Gasteiger partial charge in [-0.05, 0) is 44.7 Å². The van der Waals surface area contributed by atoms with Gasteiger partial charge in [0.25, 0.3) is 5.91 Å². The van der Waals surface area contributed by atoms with Crippen LogP contribution in [0.4, 0.5) is 5.69 Å². The molecule has 0 bridgehead atoms. The number of hydrogen-bond acceptors (Lipinski definition) is 4. The van der Waals surface area contributed by atoms with Crippen LogP contribution in [0.1, 0.15) is 35.1 Å². The second-order valence-electron chi connectivity index (χ2n) is 5.25. The lowest BCUT2D eigenvalue weighted by Crippen LogP contribution is -2.33. The summed E-state index contributed by atoms with van der Waals surface area (Å²) in [6, 6.07) is 4.08. The molecule has 2 aromatic heterocycles. The van der Waals surface area contributed by atoms with Crippen molar-refractivity contribution in [1.82, 2.24) is 10.3 Å². The molecule has 0 aliphatic heterocycles. The molecule has 0 radical (unpaired) electrons. The molecular formula is C14H17N3OS. The third-order valence-corrected chi connectivity index (χ3v) is 4.74. The van der Waals surface area contributed by atoms with E-state index >= 15 is 0 Å². The number of anilines is 1. The summed E-state index contributed by atoms with van der Waals surface area (Å²) >= 11 is 1.37. The molecule has 3 N–H and O–H groups in total. The van der Waals surface area contributed by atoms with Crippen molar-refractivity contribution in [2.24, 2.45) is 5.92 Å². The number of carbonyl (C=O) groups is 1. The second-order valence-corrected chi connectivity index (χ2v) is 6.25. The van der Waals surface area contributed by atoms with Gasteiger partial charge in [-0.25, -0.2) is 4.98 Å². The molecule has 0 spiro atoms. The first-order chi connectivity index (χ1) is 9.06. The molecule has 1 unspecified atom stereocenters. The minimum Gasteiger partial charge on any atom is -0.397 e. The van der Waals surface area contributed by atoms with E-state index in [0.29, 0.717) is 16.5 Å². The first-order valence-corrected chi connectivity index (χ1v) is 7.34. The molecule has 3 rings (SSSR count). The maximum atomic E-state index is 12.3. The quantitative estimate of drug-likeness (QED) is 0.905. The van der Waals surface area contributed by atoms with Crippen molar-refractivity contribution < 1.29 is 4.79 Å². The van der Waals surface area contributed by atoms with Crippen LogP contribution in [0.5, 0.6) is 0 Å². The number of amides is 1. The molecule has 1 aliphatic rings. The van der Waals surface area contributed by atoms with Gasteiger partial charge < -0.3 is 11.1 Å². The number of pyridine rings is 1. The van der Waals surface area contributed by atoms with Crippen molar-refractivity contribution in [2.75, 3.05) is 5.73 Å². The topological polar surface area (TPSA) is 68.0 Å². The van der Waals surface area contributed by atoms with Gasteiger partial charge in [0.05, 0.1) is 5.69 Å². The monoisotopic (exact) mass is 275 g/mol. The van der Waals surface area contributed by atoms with Crippen LogP contribution in [0.3, 0.4) is 0 Å². The maximum absolute atomic E-state index is 12.3. The highest BCUT2D eigenvalue weighted by Gasteiger charge is 2.30. The zero-order chi connectivity index (χ0) is 13.6. The van der Waals surface area contributed by atoms with Gasteiger partial charge in [0.2, 0.25) is 0 Å². The minimum absolute atomic E-state index is 0.0717. The lowest BCUT2D eigenvalue weighted by Gasteiger charge is -2.11. The van der Waals surface area contributed by atoms with E-state index in [1.165, 1.54) is 24.2 Å². The number of hydrogen-bond donors (Lipinski definition) is 2. The highest BCUT2D eigenvalue weighted by molar-refractivity contribution is 7.21. The summed E-state index contributed by atoms with van der Waals surface area (Å²) in [7, 11) is 0. The first kappa shape index (κ1) is 12.4. The van der Waals surface area contributed by atoms with Crippen LogP contribution in [0.25, 0.3) is 10.2 Å². The van der Waals surface area contributed by atoms with Gasteiger partial charge in [0.1, 0.15) is 9.71 Å². The number of carbonyl (C=O) groups excluding carboxylic acids is 1. The van der Waals surface area contributed by atoms with E-state index in [0.717, 1.165) is 15.9 Å². The van der Waals surface area contributed by atoms with E-state index in [2.05, 4.69) is 17.2 Å². The van der Waals surface area contributed by atoms with Crippen LogP contribution in [-0.2, 0) is 0 Å². The standard InChI is InChI=1S/C14H17N3OS/c1-7-3-6-10-11(15)12(19-14(10)16-7)13(18)17-8(2)9-4-5-9/h3,6,8-9H,4-5,15H2,1-2H3,(H,17,18). The molecular weight excluding hydrogens is 258 g/mol. The van der Waals surface area contributed by atoms with Crippen molar-refractivity contribution in [3.8, 4) is 0 Å². The van der Waals surface area contributed by atoms with Crippen LogP contribution in [-0.4, -0.2) is 16.9 Å². The van der Waals surface area contributed by atoms with Gasteiger partial charge in [-0.3, -0.25) is 4.79 Å². The lowest BCUT2D eigenvalue weighted by atomic mass is 10.2. The molecule has 100 valence electrons. The molecule has 1 fully saturated rings. The molecule has 1 amide bonds. The van der Waals surface area contributed by atoms with E-state index in [1.54, 1.807) is 0 Å². The van der Waals surface area contributed by atoms with E-state index in [1.807, 2.05) is 19.1 Å². The number of nitrogens with zero attached hydrogens (tertiary/aromatic N) is 1. The summed E-state index contributed by atoms with van der Waals surface area (Å²) in [5.41, 5.74) is 7.55. The molecule has 19 heavy (non-hydrogen) atoms. The normalized spacial score (nSPS) is 16.5. The second kappa shape index (κ2) is 4.49. The average Bonchev–Trinajstić information content (AvgIpc) is 3.15. The predicted molar refractivity (Wildman–Crippen MR) is 78.4 cm³/mol. The first-order valence-electron chi connectivity index (χ1n) is 6.52. The van der Waals surface area contributed by atoms with Crippen LogP contribution < -0.4 is 11.1 Å². The molecule has 2 aromatic rings. The zero-order valence-electron chi connectivity index (χ0n) is 11.1. The highest BCUT2D eigenvalue weighted by atomic mass is 32.1. The van der Waals surface area contributed by atoms with E-state index in [4.69, 9.17) is 5.73 Å². The lowest BCUT2D eigenvalue weighted by molar-refractivity contribution is 0.0941. The van der Waals surface area contributed by atoms with E-state index in [-0.39, 0.29) is 11.9 Å². The van der Waals surface area contributed by atoms with E-state index in [9.17, 15) is 4.79 Å². The Morgan fingerprint density at radius 3 is 2.95 bits per heavy atom. The predicted octanol–water partition coefficient (Wildman–Crippen LogP) is 2.72. The van der Waals surface area contributed by atoms with Crippen LogP contribution in [0.15, 0.2) is 12.1 Å². The number of thiophene rings is 1. The molecule has 1 atom stereocenters. The Hall–Kier alpha value is -1.62. The fourth-order valence-corrected chi connectivity index (χ4v) is 3.29. The molecule has 1 aliphatic carbocycles. The van der Waals surface area contributed by atoms with Crippen molar-refractivity contribution in [2.45, 2.75) is 32.7 Å². The molecule has 5 heteroatoms. The SMILES string of the molecule is Cc1ccc2c(N)c(C(=O)NC(C)C3CC3)sc2n1. The Balaban J connectivity index is 1.91. The van der Waals surface area contributed by atoms with E-state index < -0.39 is 0 Å². The Labute approximate surface area is 116 Å². The molecule has 1 saturated carbocycles. The number of fused-ring (bicyclic) bond motifs is 1. The zero-order valence-corrected chi connectivity index (χ0v) is 11.9. The largest absolute Gasteiger partial charge is 0.397 e. The van der Waals surface area contributed by atoms with Crippen molar-refractivity contribution in [1.29, 1.82) is 0 Å². The molecule has 0 saturated heterocycles. The molecule has 2 heterocycles. The Morgan fingerprint density at radius 1 is 1.53 bits per heavy atom. The van der Waals surface area contributed by atoms with Crippen molar-refractivity contribution in [3.05, 3.63) is 22.7 Å². The van der Waals surface area contributed by atoms with Gasteiger partial charge in [0, 0.05) is 17.1 Å². The summed E-state index contributed by atoms with van der Waals surface area (Å²) < 4.78 is 0. The summed E-state index contributed by atoms with van der Waals surface area (Å²) in [6.45, 7) is 3.99. The third kappa shape index (κ3) is 2.30. The fourth-order valence-electron chi connectivity index (χ4n) is 2.24. The summed E-state index contributed by atoms with van der Waals surface area (Å²) in [5.74, 6) is 0.567. The summed E-state index contributed by atoms with van der Waals surface area (Å²) in [6.07, 6.45) is 2.42. The number of aromatic nitrogens is 1. The van der Waals surface area contributed by atoms with Gasteiger partial charge in [-0.2, -0.15) is 0 Å². The molecule has 0 aromatic carbocycles. The third-order valence-electron chi connectivity index (χ3n) is 3.63. The van der Waals surface area contributed by atoms with Crippen LogP contribution >= 0.6 is 11.3 Å². The summed E-state index contributed by atoms with van der Waals surface area (Å²) in [5, 5.41) is 3.91. The maximum Gasteiger partial charge on any atom is 0.263 e. The number of rotatable bonds is 3. The minimum atomic E-state index is -0.0717. The number of nitrogens with one attached hydrogen (secondary N) is 1. The Kier molecular flexibility index (Phi) is 2.93. The highest BCUT2D eigenvalue weighted by Crippen LogP contribution is 2.34. The van der Waals surface area contributed by atoms with Crippen LogP contribution in [0, 0.1) is 12.8 Å². The van der Waals surface area contributed by atoms with Crippen molar-refractivity contribution in [3.63, 3.8) is 0 Å². The van der Waals surface area contributed by atoms with Gasteiger partial charge in [0.15, 0.2) is 0 Å². The summed E-state index contributed by atoms with van der Waals surface area (Å²) in [4.78, 5) is 18.1.